The van der Waals surface area contributed by atoms with E-state index < -0.39 is 5.54 Å². The lowest BCUT2D eigenvalue weighted by atomic mass is 9.78. The molecule has 4 rings (SSSR count). The fourth-order valence-electron chi connectivity index (χ4n) is 4.38. The number of hydrogen-bond acceptors (Lipinski definition) is 5. The van der Waals surface area contributed by atoms with E-state index >= 15 is 0 Å². The van der Waals surface area contributed by atoms with Crippen LogP contribution in [0.4, 0.5) is 0 Å². The van der Waals surface area contributed by atoms with Crippen molar-refractivity contribution >= 4 is 18.3 Å². The summed E-state index contributed by atoms with van der Waals surface area (Å²) in [4.78, 5) is 12.7. The second kappa shape index (κ2) is 8.25. The Bertz CT molecular complexity index is 670. The van der Waals surface area contributed by atoms with Crippen LogP contribution in [0.1, 0.15) is 44.1 Å². The molecule has 7 heteroatoms. The maximum atomic E-state index is 12.7. The summed E-state index contributed by atoms with van der Waals surface area (Å²) < 4.78 is 16.8. The van der Waals surface area contributed by atoms with Crippen LogP contribution < -0.4 is 20.5 Å². The quantitative estimate of drug-likeness (QED) is 0.816. The number of hydrogen-bond donors (Lipinski definition) is 2. The second-order valence-electron chi connectivity index (χ2n) is 7.80. The van der Waals surface area contributed by atoms with Crippen molar-refractivity contribution < 1.29 is 19.0 Å². The standard InChI is InChI=1S/C20H28N2O4.ClH/c21-20(7-9-24-10-8-20)18(23)22-14-19(5-1-2-6-19)15-3-4-16-17(13-15)26-12-11-25-16;/h3-4,13H,1-2,5-12,14,21H2,(H,22,23);1H. The summed E-state index contributed by atoms with van der Waals surface area (Å²) in [5.74, 6) is 1.57. The zero-order valence-electron chi connectivity index (χ0n) is 15.6. The van der Waals surface area contributed by atoms with Gasteiger partial charge in [0.05, 0.1) is 5.54 Å². The number of rotatable bonds is 4. The van der Waals surface area contributed by atoms with Gasteiger partial charge in [0.25, 0.3) is 0 Å². The predicted molar refractivity (Wildman–Crippen MR) is 105 cm³/mol. The van der Waals surface area contributed by atoms with Crippen LogP contribution >= 0.6 is 12.4 Å². The van der Waals surface area contributed by atoms with Gasteiger partial charge in [0, 0.05) is 25.2 Å². The lowest BCUT2D eigenvalue weighted by Gasteiger charge is -2.35. The maximum Gasteiger partial charge on any atom is 0.240 e. The van der Waals surface area contributed by atoms with Crippen LogP contribution in [0, 0.1) is 0 Å². The van der Waals surface area contributed by atoms with Gasteiger partial charge in [0.1, 0.15) is 13.2 Å². The summed E-state index contributed by atoms with van der Waals surface area (Å²) in [7, 11) is 0. The van der Waals surface area contributed by atoms with Crippen LogP contribution in [-0.2, 0) is 14.9 Å². The van der Waals surface area contributed by atoms with Crippen LogP contribution in [0.25, 0.3) is 0 Å². The van der Waals surface area contributed by atoms with Crippen molar-refractivity contribution in [3.8, 4) is 11.5 Å². The molecule has 1 aromatic rings. The Morgan fingerprint density at radius 3 is 2.37 bits per heavy atom. The van der Waals surface area contributed by atoms with Gasteiger partial charge < -0.3 is 25.3 Å². The van der Waals surface area contributed by atoms with E-state index in [1.54, 1.807) is 0 Å². The van der Waals surface area contributed by atoms with Gasteiger partial charge in [-0.2, -0.15) is 0 Å². The molecule has 1 aliphatic carbocycles. The van der Waals surface area contributed by atoms with Crippen molar-refractivity contribution in [2.45, 2.75) is 49.5 Å². The van der Waals surface area contributed by atoms with Crippen LogP contribution in [0.2, 0.25) is 0 Å². The smallest absolute Gasteiger partial charge is 0.240 e. The molecular weight excluding hydrogens is 368 g/mol. The summed E-state index contributed by atoms with van der Waals surface area (Å²) in [6.07, 6.45) is 5.63. The first kappa shape index (κ1) is 20.2. The molecule has 150 valence electrons. The predicted octanol–water partition coefficient (Wildman–Crippen LogP) is 2.32. The van der Waals surface area contributed by atoms with Crippen molar-refractivity contribution in [2.24, 2.45) is 5.73 Å². The summed E-state index contributed by atoms with van der Waals surface area (Å²) in [5.41, 5.74) is 6.70. The molecule has 1 amide bonds. The van der Waals surface area contributed by atoms with Crippen molar-refractivity contribution in [2.75, 3.05) is 33.0 Å². The molecule has 0 bridgehead atoms. The molecule has 3 aliphatic rings. The lowest BCUT2D eigenvalue weighted by Crippen LogP contribution is -2.58. The second-order valence-corrected chi connectivity index (χ2v) is 7.80. The first-order valence-corrected chi connectivity index (χ1v) is 9.67. The third kappa shape index (κ3) is 4.03. The SMILES string of the molecule is Cl.NC1(C(=O)NCC2(c3ccc4c(c3)OCCO4)CCCC2)CCOCC1. The molecule has 0 unspecified atom stereocenters. The number of nitrogens with two attached hydrogens (primary N) is 1. The van der Waals surface area contributed by atoms with E-state index in [4.69, 9.17) is 19.9 Å². The Kier molecular flexibility index (Phi) is 6.18. The lowest BCUT2D eigenvalue weighted by molar-refractivity contribution is -0.130. The summed E-state index contributed by atoms with van der Waals surface area (Å²) in [6, 6.07) is 6.21. The summed E-state index contributed by atoms with van der Waals surface area (Å²) in [5, 5.41) is 3.16. The number of fused-ring (bicyclic) bond motifs is 1. The molecule has 2 fully saturated rings. The fourth-order valence-corrected chi connectivity index (χ4v) is 4.38. The van der Waals surface area contributed by atoms with E-state index in [2.05, 4.69) is 17.4 Å². The number of ether oxygens (including phenoxy) is 3. The Morgan fingerprint density at radius 1 is 1.00 bits per heavy atom. The molecule has 2 aliphatic heterocycles. The molecule has 1 saturated carbocycles. The number of benzene rings is 1. The molecule has 6 nitrogen and oxygen atoms in total. The van der Waals surface area contributed by atoms with Gasteiger partial charge in [0.2, 0.25) is 5.91 Å². The highest BCUT2D eigenvalue weighted by Gasteiger charge is 2.40. The maximum absolute atomic E-state index is 12.7. The summed E-state index contributed by atoms with van der Waals surface area (Å²) in [6.45, 7) is 2.90. The number of carbonyl (C=O) groups excluding carboxylic acids is 1. The zero-order chi connectivity index (χ0) is 18.0. The minimum Gasteiger partial charge on any atom is -0.486 e. The molecule has 0 radical (unpaired) electrons. The molecule has 0 spiro atoms. The van der Waals surface area contributed by atoms with Crippen LogP contribution in [0.3, 0.4) is 0 Å². The summed E-state index contributed by atoms with van der Waals surface area (Å²) >= 11 is 0. The highest BCUT2D eigenvalue weighted by Crippen LogP contribution is 2.44. The zero-order valence-corrected chi connectivity index (χ0v) is 16.4. The molecular formula is C20H29ClN2O4. The van der Waals surface area contributed by atoms with Crippen molar-refractivity contribution in [1.82, 2.24) is 5.32 Å². The largest absolute Gasteiger partial charge is 0.486 e. The number of halogens is 1. The van der Waals surface area contributed by atoms with Gasteiger partial charge in [0.15, 0.2) is 11.5 Å². The van der Waals surface area contributed by atoms with Gasteiger partial charge >= 0.3 is 0 Å². The van der Waals surface area contributed by atoms with Crippen LogP contribution in [0.15, 0.2) is 18.2 Å². The molecule has 0 atom stereocenters. The third-order valence-electron chi connectivity index (χ3n) is 6.14. The average molecular weight is 397 g/mol. The highest BCUT2D eigenvalue weighted by molar-refractivity contribution is 5.86. The highest BCUT2D eigenvalue weighted by atomic mass is 35.5. The third-order valence-corrected chi connectivity index (χ3v) is 6.14. The van der Waals surface area contributed by atoms with E-state index in [9.17, 15) is 4.79 Å². The molecule has 3 N–H and O–H groups in total. The van der Waals surface area contributed by atoms with Crippen molar-refractivity contribution in [1.29, 1.82) is 0 Å². The van der Waals surface area contributed by atoms with Gasteiger partial charge in [-0.15, -0.1) is 12.4 Å². The normalized spacial score (nSPS) is 22.6. The molecule has 1 aromatic carbocycles. The molecule has 2 heterocycles. The number of nitrogens with one attached hydrogen (secondary N) is 1. The molecule has 27 heavy (non-hydrogen) atoms. The van der Waals surface area contributed by atoms with Crippen molar-refractivity contribution in [3.05, 3.63) is 23.8 Å². The van der Waals surface area contributed by atoms with E-state index in [1.807, 2.05) is 6.07 Å². The average Bonchev–Trinajstić information content (AvgIpc) is 3.16. The minimum atomic E-state index is -0.801. The van der Waals surface area contributed by atoms with Crippen molar-refractivity contribution in [3.63, 3.8) is 0 Å². The molecule has 1 saturated heterocycles. The van der Waals surface area contributed by atoms with Gasteiger partial charge in [-0.05, 0) is 43.4 Å². The Labute approximate surface area is 166 Å². The van der Waals surface area contributed by atoms with Gasteiger partial charge in [-0.25, -0.2) is 0 Å². The Hall–Kier alpha value is -1.50. The van der Waals surface area contributed by atoms with E-state index in [0.29, 0.717) is 45.8 Å². The van der Waals surface area contributed by atoms with Gasteiger partial charge in [-0.1, -0.05) is 18.9 Å². The fraction of sp³-hybridized carbons (Fsp3) is 0.650. The van der Waals surface area contributed by atoms with E-state index in [-0.39, 0.29) is 23.7 Å². The first-order chi connectivity index (χ1) is 12.6. The topological polar surface area (TPSA) is 82.8 Å². The van der Waals surface area contributed by atoms with Crippen LogP contribution in [0.5, 0.6) is 11.5 Å². The van der Waals surface area contributed by atoms with Gasteiger partial charge in [-0.3, -0.25) is 4.79 Å². The molecule has 0 aromatic heterocycles. The number of carbonyl (C=O) groups is 1. The van der Waals surface area contributed by atoms with E-state index in [1.165, 1.54) is 18.4 Å². The Balaban J connectivity index is 0.00000210. The Morgan fingerprint density at radius 2 is 1.67 bits per heavy atom. The minimum absolute atomic E-state index is 0. The van der Waals surface area contributed by atoms with E-state index in [0.717, 1.165) is 24.3 Å². The monoisotopic (exact) mass is 396 g/mol. The number of amides is 1. The van der Waals surface area contributed by atoms with Crippen LogP contribution in [-0.4, -0.2) is 44.4 Å². The first-order valence-electron chi connectivity index (χ1n) is 9.67.